The van der Waals surface area contributed by atoms with Crippen LogP contribution in [0.3, 0.4) is 0 Å². The van der Waals surface area contributed by atoms with Gasteiger partial charge in [-0.25, -0.2) is 4.39 Å². The fourth-order valence-corrected chi connectivity index (χ4v) is 1.40. The first-order valence-corrected chi connectivity index (χ1v) is 5.24. The smallest absolute Gasteiger partial charge is 0.130 e. The van der Waals surface area contributed by atoms with Crippen molar-refractivity contribution < 1.29 is 9.13 Å². The van der Waals surface area contributed by atoms with Crippen molar-refractivity contribution in [3.8, 4) is 5.75 Å². The summed E-state index contributed by atoms with van der Waals surface area (Å²) in [4.78, 5) is 4.10. The molecule has 0 saturated carbocycles. The molecule has 0 bridgehead atoms. The minimum Gasteiger partial charge on any atom is -0.487 e. The van der Waals surface area contributed by atoms with Crippen molar-refractivity contribution in [3.05, 3.63) is 53.6 Å². The molecule has 0 aliphatic heterocycles. The molecule has 0 unspecified atom stereocenters. The maximum Gasteiger partial charge on any atom is 0.130 e. The molecule has 0 saturated heterocycles. The Kier molecular flexibility index (Phi) is 3.23. The molecular formula is C13H13FN2O. The standard InChI is InChI=1S/C13H13FN2O/c1-9-2-3-12(7-13(9)14)17-8-11-6-10(15)4-5-16-11/h2-7H,8H2,1H3,(H2,15,16). The van der Waals surface area contributed by atoms with E-state index in [1.165, 1.54) is 6.07 Å². The van der Waals surface area contributed by atoms with Gasteiger partial charge in [-0.05, 0) is 30.7 Å². The molecule has 0 fully saturated rings. The predicted molar refractivity (Wildman–Crippen MR) is 64.1 cm³/mol. The fourth-order valence-electron chi connectivity index (χ4n) is 1.40. The lowest BCUT2D eigenvalue weighted by atomic mass is 10.2. The monoisotopic (exact) mass is 232 g/mol. The molecule has 88 valence electrons. The number of ether oxygens (including phenoxy) is 1. The Morgan fingerprint density at radius 3 is 2.82 bits per heavy atom. The van der Waals surface area contributed by atoms with Crippen LogP contribution < -0.4 is 10.5 Å². The minimum absolute atomic E-state index is 0.271. The molecule has 4 heteroatoms. The van der Waals surface area contributed by atoms with Crippen LogP contribution in [0.25, 0.3) is 0 Å². The number of hydrogen-bond acceptors (Lipinski definition) is 3. The van der Waals surface area contributed by atoms with Crippen LogP contribution in [-0.2, 0) is 6.61 Å². The summed E-state index contributed by atoms with van der Waals surface area (Å²) in [6.45, 7) is 1.98. The van der Waals surface area contributed by atoms with Crippen molar-refractivity contribution in [2.45, 2.75) is 13.5 Å². The summed E-state index contributed by atoms with van der Waals surface area (Å²) in [7, 11) is 0. The number of aromatic nitrogens is 1. The molecular weight excluding hydrogens is 219 g/mol. The SMILES string of the molecule is Cc1ccc(OCc2cc(N)ccn2)cc1F. The molecule has 0 atom stereocenters. The van der Waals surface area contributed by atoms with Gasteiger partial charge in [0, 0.05) is 18.0 Å². The quantitative estimate of drug-likeness (QED) is 0.885. The van der Waals surface area contributed by atoms with Crippen molar-refractivity contribution in [1.29, 1.82) is 0 Å². The zero-order chi connectivity index (χ0) is 12.3. The minimum atomic E-state index is -0.275. The second kappa shape index (κ2) is 4.82. The van der Waals surface area contributed by atoms with E-state index in [1.807, 2.05) is 0 Å². The highest BCUT2D eigenvalue weighted by Gasteiger charge is 2.01. The van der Waals surface area contributed by atoms with E-state index in [-0.39, 0.29) is 12.4 Å². The summed E-state index contributed by atoms with van der Waals surface area (Å²) >= 11 is 0. The Morgan fingerprint density at radius 1 is 1.29 bits per heavy atom. The van der Waals surface area contributed by atoms with Gasteiger partial charge in [-0.3, -0.25) is 4.98 Å². The van der Waals surface area contributed by atoms with Crippen molar-refractivity contribution in [3.63, 3.8) is 0 Å². The van der Waals surface area contributed by atoms with Gasteiger partial charge >= 0.3 is 0 Å². The molecule has 2 rings (SSSR count). The van der Waals surface area contributed by atoms with E-state index in [1.54, 1.807) is 37.4 Å². The average molecular weight is 232 g/mol. The number of benzene rings is 1. The number of rotatable bonds is 3. The van der Waals surface area contributed by atoms with Crippen molar-refractivity contribution in [2.75, 3.05) is 5.73 Å². The van der Waals surface area contributed by atoms with E-state index in [2.05, 4.69) is 4.98 Å². The number of halogens is 1. The maximum atomic E-state index is 13.3. The van der Waals surface area contributed by atoms with Crippen LogP contribution >= 0.6 is 0 Å². The third-order valence-corrected chi connectivity index (χ3v) is 2.37. The molecule has 2 aromatic rings. The Morgan fingerprint density at radius 2 is 2.12 bits per heavy atom. The molecule has 0 amide bonds. The molecule has 0 radical (unpaired) electrons. The largest absolute Gasteiger partial charge is 0.487 e. The van der Waals surface area contributed by atoms with Crippen molar-refractivity contribution in [2.24, 2.45) is 0 Å². The lowest BCUT2D eigenvalue weighted by Gasteiger charge is -2.07. The summed E-state index contributed by atoms with van der Waals surface area (Å²) < 4.78 is 18.7. The van der Waals surface area contributed by atoms with Gasteiger partial charge in [0.1, 0.15) is 18.2 Å². The van der Waals surface area contributed by atoms with Crippen LogP contribution in [0.1, 0.15) is 11.3 Å². The van der Waals surface area contributed by atoms with Crippen molar-refractivity contribution in [1.82, 2.24) is 4.98 Å². The number of nitrogens with zero attached hydrogens (tertiary/aromatic N) is 1. The van der Waals surface area contributed by atoms with Gasteiger partial charge in [-0.2, -0.15) is 0 Å². The summed E-state index contributed by atoms with van der Waals surface area (Å²) in [5.74, 6) is 0.209. The molecule has 1 aromatic carbocycles. The number of anilines is 1. The Bertz CT molecular complexity index is 529. The molecule has 1 heterocycles. The van der Waals surface area contributed by atoms with E-state index >= 15 is 0 Å². The van der Waals surface area contributed by atoms with E-state index in [0.29, 0.717) is 22.7 Å². The number of aryl methyl sites for hydroxylation is 1. The van der Waals surface area contributed by atoms with Gasteiger partial charge in [0.25, 0.3) is 0 Å². The van der Waals surface area contributed by atoms with Gasteiger partial charge in [-0.1, -0.05) is 6.07 Å². The second-order valence-electron chi connectivity index (χ2n) is 3.78. The Labute approximate surface area is 99.1 Å². The summed E-state index contributed by atoms with van der Waals surface area (Å²) in [5.41, 5.74) is 7.56. The Balaban J connectivity index is 2.05. The van der Waals surface area contributed by atoms with E-state index in [0.717, 1.165) is 0 Å². The summed E-state index contributed by atoms with van der Waals surface area (Å²) in [6.07, 6.45) is 1.61. The highest BCUT2D eigenvalue weighted by molar-refractivity contribution is 5.37. The highest BCUT2D eigenvalue weighted by Crippen LogP contribution is 2.17. The summed E-state index contributed by atoms with van der Waals surface area (Å²) in [6, 6.07) is 8.20. The summed E-state index contributed by atoms with van der Waals surface area (Å²) in [5, 5.41) is 0. The van der Waals surface area contributed by atoms with Crippen LogP contribution in [0.15, 0.2) is 36.5 Å². The van der Waals surface area contributed by atoms with E-state index in [9.17, 15) is 4.39 Å². The zero-order valence-corrected chi connectivity index (χ0v) is 9.48. The van der Waals surface area contributed by atoms with Crippen LogP contribution in [0.4, 0.5) is 10.1 Å². The molecule has 0 aliphatic carbocycles. The number of nitrogens with two attached hydrogens (primary N) is 1. The van der Waals surface area contributed by atoms with Crippen LogP contribution in [0.5, 0.6) is 5.75 Å². The highest BCUT2D eigenvalue weighted by atomic mass is 19.1. The van der Waals surface area contributed by atoms with Crippen LogP contribution in [0.2, 0.25) is 0 Å². The molecule has 0 spiro atoms. The third-order valence-electron chi connectivity index (χ3n) is 2.37. The molecule has 0 aliphatic rings. The first kappa shape index (κ1) is 11.4. The van der Waals surface area contributed by atoms with Crippen LogP contribution in [0, 0.1) is 12.7 Å². The van der Waals surface area contributed by atoms with Gasteiger partial charge in [0.15, 0.2) is 0 Å². The number of pyridine rings is 1. The van der Waals surface area contributed by atoms with Crippen LogP contribution in [-0.4, -0.2) is 4.98 Å². The fraction of sp³-hybridized carbons (Fsp3) is 0.154. The molecule has 2 N–H and O–H groups in total. The first-order valence-electron chi connectivity index (χ1n) is 5.24. The van der Waals surface area contributed by atoms with Gasteiger partial charge in [0.05, 0.1) is 5.69 Å². The second-order valence-corrected chi connectivity index (χ2v) is 3.78. The van der Waals surface area contributed by atoms with E-state index in [4.69, 9.17) is 10.5 Å². The topological polar surface area (TPSA) is 48.1 Å². The number of hydrogen-bond donors (Lipinski definition) is 1. The third kappa shape index (κ3) is 2.93. The lowest BCUT2D eigenvalue weighted by molar-refractivity contribution is 0.299. The molecule has 1 aromatic heterocycles. The van der Waals surface area contributed by atoms with Gasteiger partial charge in [0.2, 0.25) is 0 Å². The average Bonchev–Trinajstić information content (AvgIpc) is 2.31. The van der Waals surface area contributed by atoms with Crippen molar-refractivity contribution >= 4 is 5.69 Å². The first-order chi connectivity index (χ1) is 8.15. The predicted octanol–water partition coefficient (Wildman–Crippen LogP) is 2.69. The lowest BCUT2D eigenvalue weighted by Crippen LogP contribution is -1.99. The molecule has 3 nitrogen and oxygen atoms in total. The number of nitrogen functional groups attached to an aromatic ring is 1. The van der Waals surface area contributed by atoms with E-state index < -0.39 is 0 Å². The zero-order valence-electron chi connectivity index (χ0n) is 9.48. The molecule has 17 heavy (non-hydrogen) atoms. The maximum absolute atomic E-state index is 13.3. The van der Waals surface area contributed by atoms with Gasteiger partial charge in [-0.15, -0.1) is 0 Å². The normalized spacial score (nSPS) is 10.2. The van der Waals surface area contributed by atoms with Gasteiger partial charge < -0.3 is 10.5 Å². The Hall–Kier alpha value is -2.10.